The lowest BCUT2D eigenvalue weighted by Gasteiger charge is -2.19. The van der Waals surface area contributed by atoms with Crippen LogP contribution in [0.4, 0.5) is 14.9 Å². The molecule has 0 aliphatic carbocycles. The molecule has 0 bridgehead atoms. The molecule has 0 aromatic carbocycles. The number of rotatable bonds is 1. The normalized spacial score (nSPS) is 11.1. The van der Waals surface area contributed by atoms with E-state index in [1.165, 1.54) is 6.07 Å². The Morgan fingerprint density at radius 2 is 2.12 bits per heavy atom. The van der Waals surface area contributed by atoms with Gasteiger partial charge in [-0.25, -0.2) is 9.78 Å². The van der Waals surface area contributed by atoms with Crippen molar-refractivity contribution in [1.82, 2.24) is 4.98 Å². The van der Waals surface area contributed by atoms with Gasteiger partial charge in [-0.05, 0) is 48.8 Å². The van der Waals surface area contributed by atoms with Crippen molar-refractivity contribution >= 4 is 27.7 Å². The van der Waals surface area contributed by atoms with Gasteiger partial charge in [-0.15, -0.1) is 0 Å². The van der Waals surface area contributed by atoms with Crippen LogP contribution < -0.4 is 5.32 Å². The minimum absolute atomic E-state index is 0.221. The quantitative estimate of drug-likeness (QED) is 0.807. The fourth-order valence-electron chi connectivity index (χ4n) is 0.919. The standard InChI is InChI=1S/C10H12BrFN2O2/c1-10(2,3)16-9(15)13-6-4-5-7(12)14-8(6)11/h4-5H,1-3H3,(H,13,15). The molecule has 1 aromatic rings. The number of anilines is 1. The summed E-state index contributed by atoms with van der Waals surface area (Å²) in [5.41, 5.74) is -0.222. The molecular weight excluding hydrogens is 279 g/mol. The zero-order valence-electron chi connectivity index (χ0n) is 9.17. The number of aromatic nitrogens is 1. The van der Waals surface area contributed by atoms with Gasteiger partial charge in [0, 0.05) is 0 Å². The number of halogens is 2. The molecule has 0 unspecified atom stereocenters. The largest absolute Gasteiger partial charge is 0.444 e. The van der Waals surface area contributed by atoms with Crippen LogP contribution in [0.25, 0.3) is 0 Å². The minimum Gasteiger partial charge on any atom is -0.444 e. The van der Waals surface area contributed by atoms with Gasteiger partial charge in [0.05, 0.1) is 5.69 Å². The van der Waals surface area contributed by atoms with Crippen LogP contribution in [0.3, 0.4) is 0 Å². The molecular formula is C10H12BrFN2O2. The Hall–Kier alpha value is -1.17. The first-order valence-electron chi connectivity index (χ1n) is 4.60. The fraction of sp³-hybridized carbons (Fsp3) is 0.400. The number of hydrogen-bond donors (Lipinski definition) is 1. The van der Waals surface area contributed by atoms with Crippen LogP contribution >= 0.6 is 15.9 Å². The highest BCUT2D eigenvalue weighted by Crippen LogP contribution is 2.20. The van der Waals surface area contributed by atoms with Gasteiger partial charge < -0.3 is 4.74 Å². The lowest BCUT2D eigenvalue weighted by Crippen LogP contribution is -2.27. The molecule has 0 aliphatic heterocycles. The monoisotopic (exact) mass is 290 g/mol. The first-order valence-corrected chi connectivity index (χ1v) is 5.39. The Morgan fingerprint density at radius 1 is 1.50 bits per heavy atom. The average Bonchev–Trinajstić information content (AvgIpc) is 2.06. The van der Waals surface area contributed by atoms with E-state index in [-0.39, 0.29) is 4.60 Å². The third-order valence-electron chi connectivity index (χ3n) is 1.45. The lowest BCUT2D eigenvalue weighted by molar-refractivity contribution is 0.0635. The van der Waals surface area contributed by atoms with Crippen LogP contribution in [-0.2, 0) is 4.74 Å². The molecule has 88 valence electrons. The van der Waals surface area contributed by atoms with Gasteiger partial charge in [-0.2, -0.15) is 4.39 Å². The van der Waals surface area contributed by atoms with Crippen LogP contribution in [0.1, 0.15) is 20.8 Å². The molecule has 1 amide bonds. The summed E-state index contributed by atoms with van der Waals surface area (Å²) in [5.74, 6) is -0.624. The molecule has 1 rings (SSSR count). The zero-order chi connectivity index (χ0) is 12.3. The topological polar surface area (TPSA) is 51.2 Å². The highest BCUT2D eigenvalue weighted by Gasteiger charge is 2.17. The van der Waals surface area contributed by atoms with Gasteiger partial charge in [0.2, 0.25) is 5.95 Å². The number of ether oxygens (including phenoxy) is 1. The predicted octanol–water partition coefficient (Wildman–Crippen LogP) is 3.33. The molecule has 1 N–H and O–H groups in total. The molecule has 0 atom stereocenters. The smallest absolute Gasteiger partial charge is 0.412 e. The Labute approximate surface area is 101 Å². The molecule has 16 heavy (non-hydrogen) atoms. The number of carbonyl (C=O) groups excluding carboxylic acids is 1. The number of pyridine rings is 1. The van der Waals surface area contributed by atoms with Crippen LogP contribution in [0.15, 0.2) is 16.7 Å². The minimum atomic E-state index is -0.624. The van der Waals surface area contributed by atoms with Gasteiger partial charge in [-0.1, -0.05) is 0 Å². The van der Waals surface area contributed by atoms with Crippen LogP contribution in [0.5, 0.6) is 0 Å². The second-order valence-corrected chi connectivity index (χ2v) is 4.85. The molecule has 1 heterocycles. The van der Waals surface area contributed by atoms with E-state index >= 15 is 0 Å². The molecule has 1 aromatic heterocycles. The van der Waals surface area contributed by atoms with E-state index in [4.69, 9.17) is 4.74 Å². The summed E-state index contributed by atoms with van der Waals surface area (Å²) in [6.45, 7) is 5.26. The van der Waals surface area contributed by atoms with Gasteiger partial charge in [-0.3, -0.25) is 5.32 Å². The van der Waals surface area contributed by atoms with Gasteiger partial charge in [0.1, 0.15) is 10.2 Å². The van der Waals surface area contributed by atoms with Gasteiger partial charge in [0.15, 0.2) is 0 Å². The summed E-state index contributed by atoms with van der Waals surface area (Å²) in [6.07, 6.45) is -0.610. The van der Waals surface area contributed by atoms with E-state index in [2.05, 4.69) is 26.2 Å². The SMILES string of the molecule is CC(C)(C)OC(=O)Nc1ccc(F)nc1Br. The second kappa shape index (κ2) is 4.78. The number of nitrogens with zero attached hydrogens (tertiary/aromatic N) is 1. The maximum Gasteiger partial charge on any atom is 0.412 e. The summed E-state index contributed by atoms with van der Waals surface area (Å²) < 4.78 is 17.9. The summed E-state index contributed by atoms with van der Waals surface area (Å²) in [6, 6.07) is 2.55. The number of carbonyl (C=O) groups is 1. The third-order valence-corrected chi connectivity index (χ3v) is 2.05. The molecule has 0 spiro atoms. The molecule has 6 heteroatoms. The number of nitrogens with one attached hydrogen (secondary N) is 1. The first-order chi connectivity index (χ1) is 7.28. The van der Waals surface area contributed by atoms with Crippen molar-refractivity contribution in [3.8, 4) is 0 Å². The van der Waals surface area contributed by atoms with Crippen molar-refractivity contribution in [3.05, 3.63) is 22.7 Å². The Bertz CT molecular complexity index is 404. The Kier molecular flexibility index (Phi) is 3.85. The van der Waals surface area contributed by atoms with Crippen molar-refractivity contribution in [2.45, 2.75) is 26.4 Å². The van der Waals surface area contributed by atoms with E-state index < -0.39 is 17.6 Å². The van der Waals surface area contributed by atoms with Crippen molar-refractivity contribution in [2.75, 3.05) is 5.32 Å². The van der Waals surface area contributed by atoms with Crippen LogP contribution in [-0.4, -0.2) is 16.7 Å². The van der Waals surface area contributed by atoms with Crippen molar-refractivity contribution < 1.29 is 13.9 Å². The van der Waals surface area contributed by atoms with E-state index in [9.17, 15) is 9.18 Å². The van der Waals surface area contributed by atoms with Crippen LogP contribution in [0, 0.1) is 5.95 Å². The zero-order valence-corrected chi connectivity index (χ0v) is 10.8. The molecule has 0 fully saturated rings. The van der Waals surface area contributed by atoms with E-state index in [0.29, 0.717) is 5.69 Å². The fourth-order valence-corrected chi connectivity index (χ4v) is 1.32. The molecule has 0 saturated carbocycles. The van der Waals surface area contributed by atoms with E-state index in [0.717, 1.165) is 6.07 Å². The van der Waals surface area contributed by atoms with Crippen molar-refractivity contribution in [3.63, 3.8) is 0 Å². The predicted molar refractivity (Wildman–Crippen MR) is 61.8 cm³/mol. The van der Waals surface area contributed by atoms with Crippen molar-refractivity contribution in [2.24, 2.45) is 0 Å². The first kappa shape index (κ1) is 12.9. The van der Waals surface area contributed by atoms with Crippen molar-refractivity contribution in [1.29, 1.82) is 0 Å². The lowest BCUT2D eigenvalue weighted by atomic mass is 10.2. The number of hydrogen-bond acceptors (Lipinski definition) is 3. The maximum absolute atomic E-state index is 12.7. The molecule has 4 nitrogen and oxygen atoms in total. The van der Waals surface area contributed by atoms with Gasteiger partial charge >= 0.3 is 6.09 Å². The molecule has 0 aliphatic rings. The summed E-state index contributed by atoms with van der Waals surface area (Å²) in [4.78, 5) is 14.9. The summed E-state index contributed by atoms with van der Waals surface area (Å²) >= 11 is 3.03. The number of amides is 1. The highest BCUT2D eigenvalue weighted by atomic mass is 79.9. The Morgan fingerprint density at radius 3 is 2.62 bits per heavy atom. The average molecular weight is 291 g/mol. The van der Waals surface area contributed by atoms with Gasteiger partial charge in [0.25, 0.3) is 0 Å². The summed E-state index contributed by atoms with van der Waals surface area (Å²) in [7, 11) is 0. The second-order valence-electron chi connectivity index (χ2n) is 4.10. The third kappa shape index (κ3) is 4.14. The Balaban J connectivity index is 2.70. The van der Waals surface area contributed by atoms with E-state index in [1.54, 1.807) is 20.8 Å². The highest BCUT2D eigenvalue weighted by molar-refractivity contribution is 9.10. The summed E-state index contributed by atoms with van der Waals surface area (Å²) in [5, 5.41) is 2.46. The van der Waals surface area contributed by atoms with Crippen LogP contribution in [0.2, 0.25) is 0 Å². The molecule has 0 saturated heterocycles. The van der Waals surface area contributed by atoms with E-state index in [1.807, 2.05) is 0 Å². The molecule has 0 radical (unpaired) electrons. The maximum atomic E-state index is 12.7.